The lowest BCUT2D eigenvalue weighted by molar-refractivity contribution is 0.478. The first-order valence-electron chi connectivity index (χ1n) is 6.97. The standard InChI is InChI=1S/C15H21N3/c1-3-4-15-17-13-9-12(16)7-8-14(13)18(15)10(2)11-5-6-11/h7-11H,3-6,16H2,1-2H3. The lowest BCUT2D eigenvalue weighted by Crippen LogP contribution is -2.11. The van der Waals surface area contributed by atoms with Crippen LogP contribution >= 0.6 is 0 Å². The second-order valence-electron chi connectivity index (χ2n) is 5.47. The van der Waals surface area contributed by atoms with Crippen LogP contribution in [0.4, 0.5) is 5.69 Å². The molecule has 96 valence electrons. The summed E-state index contributed by atoms with van der Waals surface area (Å²) in [5.74, 6) is 2.06. The normalized spacial score (nSPS) is 17.2. The zero-order valence-corrected chi connectivity index (χ0v) is 11.2. The average molecular weight is 243 g/mol. The zero-order valence-electron chi connectivity index (χ0n) is 11.2. The molecule has 3 heteroatoms. The second kappa shape index (κ2) is 4.30. The van der Waals surface area contributed by atoms with Crippen molar-refractivity contribution in [1.29, 1.82) is 0 Å². The summed E-state index contributed by atoms with van der Waals surface area (Å²) in [4.78, 5) is 4.78. The van der Waals surface area contributed by atoms with Crippen LogP contribution < -0.4 is 5.73 Å². The summed E-state index contributed by atoms with van der Waals surface area (Å²) in [5, 5.41) is 0. The Morgan fingerprint density at radius 3 is 2.89 bits per heavy atom. The van der Waals surface area contributed by atoms with Crippen LogP contribution in [0.5, 0.6) is 0 Å². The Morgan fingerprint density at radius 2 is 2.22 bits per heavy atom. The highest BCUT2D eigenvalue weighted by Crippen LogP contribution is 2.41. The minimum Gasteiger partial charge on any atom is -0.399 e. The number of nitrogens with zero attached hydrogens (tertiary/aromatic N) is 2. The smallest absolute Gasteiger partial charge is 0.110 e. The van der Waals surface area contributed by atoms with Crippen molar-refractivity contribution in [3.05, 3.63) is 24.0 Å². The molecule has 0 radical (unpaired) electrons. The lowest BCUT2D eigenvalue weighted by atomic mass is 10.2. The SMILES string of the molecule is CCCc1nc2cc(N)ccc2n1C(C)C1CC1. The van der Waals surface area contributed by atoms with Gasteiger partial charge in [0.15, 0.2) is 0 Å². The number of nitrogen functional groups attached to an aromatic ring is 1. The lowest BCUT2D eigenvalue weighted by Gasteiger charge is -2.17. The van der Waals surface area contributed by atoms with Crippen LogP contribution in [0.2, 0.25) is 0 Å². The fourth-order valence-electron chi connectivity index (χ4n) is 2.81. The third-order valence-corrected chi connectivity index (χ3v) is 3.97. The molecule has 2 aromatic rings. The van der Waals surface area contributed by atoms with Gasteiger partial charge in [0.2, 0.25) is 0 Å². The number of rotatable bonds is 4. The van der Waals surface area contributed by atoms with Crippen LogP contribution in [0.15, 0.2) is 18.2 Å². The van der Waals surface area contributed by atoms with Crippen molar-refractivity contribution in [3.63, 3.8) is 0 Å². The molecule has 1 aliphatic rings. The Bertz CT molecular complexity index is 566. The fourth-order valence-corrected chi connectivity index (χ4v) is 2.81. The molecule has 1 unspecified atom stereocenters. The minimum absolute atomic E-state index is 0.570. The van der Waals surface area contributed by atoms with Gasteiger partial charge in [0.05, 0.1) is 11.0 Å². The van der Waals surface area contributed by atoms with Gasteiger partial charge in [-0.15, -0.1) is 0 Å². The van der Waals surface area contributed by atoms with Crippen molar-refractivity contribution < 1.29 is 0 Å². The predicted molar refractivity (Wildman–Crippen MR) is 75.6 cm³/mol. The molecule has 1 atom stereocenters. The van der Waals surface area contributed by atoms with Crippen molar-refractivity contribution in [2.45, 2.75) is 45.6 Å². The first kappa shape index (κ1) is 11.6. The Balaban J connectivity index is 2.14. The number of benzene rings is 1. The average Bonchev–Trinajstić information content (AvgIpc) is 3.11. The van der Waals surface area contributed by atoms with Crippen LogP contribution in [0.1, 0.15) is 45.0 Å². The van der Waals surface area contributed by atoms with Gasteiger partial charge in [-0.3, -0.25) is 0 Å². The Hall–Kier alpha value is -1.51. The van der Waals surface area contributed by atoms with Gasteiger partial charge in [0, 0.05) is 18.2 Å². The highest BCUT2D eigenvalue weighted by molar-refractivity contribution is 5.79. The van der Waals surface area contributed by atoms with Crippen LogP contribution in [0, 0.1) is 5.92 Å². The number of imidazole rings is 1. The zero-order chi connectivity index (χ0) is 12.7. The van der Waals surface area contributed by atoms with E-state index >= 15 is 0 Å². The summed E-state index contributed by atoms with van der Waals surface area (Å²) in [7, 11) is 0. The second-order valence-corrected chi connectivity index (χ2v) is 5.47. The van der Waals surface area contributed by atoms with E-state index < -0.39 is 0 Å². The predicted octanol–water partition coefficient (Wildman–Crippen LogP) is 3.54. The Labute approximate surface area is 108 Å². The molecular weight excluding hydrogens is 222 g/mol. The van der Waals surface area contributed by atoms with Crippen molar-refractivity contribution >= 4 is 16.7 Å². The van der Waals surface area contributed by atoms with E-state index in [1.165, 1.54) is 24.2 Å². The van der Waals surface area contributed by atoms with Crippen LogP contribution in [0.3, 0.4) is 0 Å². The van der Waals surface area contributed by atoms with Gasteiger partial charge in [0.1, 0.15) is 5.82 Å². The number of aryl methyl sites for hydroxylation is 1. The largest absolute Gasteiger partial charge is 0.399 e. The molecule has 1 aromatic heterocycles. The van der Waals surface area contributed by atoms with Gasteiger partial charge in [-0.05, 0) is 50.3 Å². The van der Waals surface area contributed by atoms with E-state index in [0.29, 0.717) is 6.04 Å². The topological polar surface area (TPSA) is 43.8 Å². The number of hydrogen-bond donors (Lipinski definition) is 1. The molecule has 1 heterocycles. The first-order chi connectivity index (χ1) is 8.70. The highest BCUT2D eigenvalue weighted by Gasteiger charge is 2.31. The Kier molecular flexibility index (Phi) is 2.77. The van der Waals surface area contributed by atoms with Crippen molar-refractivity contribution in [1.82, 2.24) is 9.55 Å². The molecule has 1 aromatic carbocycles. The molecule has 2 N–H and O–H groups in total. The number of hydrogen-bond acceptors (Lipinski definition) is 2. The molecule has 3 rings (SSSR count). The van der Waals surface area contributed by atoms with E-state index in [1.807, 2.05) is 12.1 Å². The molecule has 0 amide bonds. The van der Waals surface area contributed by atoms with E-state index in [1.54, 1.807) is 0 Å². The molecule has 18 heavy (non-hydrogen) atoms. The van der Waals surface area contributed by atoms with Gasteiger partial charge < -0.3 is 10.3 Å². The summed E-state index contributed by atoms with van der Waals surface area (Å²) in [5.41, 5.74) is 8.95. The van der Waals surface area contributed by atoms with Gasteiger partial charge >= 0.3 is 0 Å². The summed E-state index contributed by atoms with van der Waals surface area (Å²) >= 11 is 0. The van der Waals surface area contributed by atoms with Crippen molar-refractivity contribution in [2.75, 3.05) is 5.73 Å². The van der Waals surface area contributed by atoms with Gasteiger partial charge in [-0.2, -0.15) is 0 Å². The summed E-state index contributed by atoms with van der Waals surface area (Å²) < 4.78 is 2.44. The van der Waals surface area contributed by atoms with E-state index in [-0.39, 0.29) is 0 Å². The molecule has 0 saturated heterocycles. The van der Waals surface area contributed by atoms with E-state index in [9.17, 15) is 0 Å². The van der Waals surface area contributed by atoms with E-state index in [2.05, 4.69) is 24.5 Å². The van der Waals surface area contributed by atoms with Crippen molar-refractivity contribution in [2.24, 2.45) is 5.92 Å². The third kappa shape index (κ3) is 1.88. The third-order valence-electron chi connectivity index (χ3n) is 3.97. The van der Waals surface area contributed by atoms with Gasteiger partial charge in [-0.25, -0.2) is 4.98 Å². The minimum atomic E-state index is 0.570. The van der Waals surface area contributed by atoms with Gasteiger partial charge in [0.25, 0.3) is 0 Å². The molecule has 0 aliphatic heterocycles. The fraction of sp³-hybridized carbons (Fsp3) is 0.533. The monoisotopic (exact) mass is 243 g/mol. The molecular formula is C15H21N3. The number of fused-ring (bicyclic) bond motifs is 1. The number of anilines is 1. The summed E-state index contributed by atoms with van der Waals surface area (Å²) in [6.45, 7) is 4.54. The molecule has 0 bridgehead atoms. The Morgan fingerprint density at radius 1 is 1.44 bits per heavy atom. The molecule has 1 aliphatic carbocycles. The van der Waals surface area contributed by atoms with Crippen molar-refractivity contribution in [3.8, 4) is 0 Å². The van der Waals surface area contributed by atoms with Crippen LogP contribution in [-0.2, 0) is 6.42 Å². The van der Waals surface area contributed by atoms with E-state index in [4.69, 9.17) is 10.7 Å². The molecule has 3 nitrogen and oxygen atoms in total. The van der Waals surface area contributed by atoms with E-state index in [0.717, 1.165) is 30.0 Å². The number of nitrogens with two attached hydrogens (primary N) is 1. The quantitative estimate of drug-likeness (QED) is 0.835. The highest BCUT2D eigenvalue weighted by atomic mass is 15.1. The van der Waals surface area contributed by atoms with Crippen LogP contribution in [-0.4, -0.2) is 9.55 Å². The summed E-state index contributed by atoms with van der Waals surface area (Å²) in [6, 6.07) is 6.66. The molecule has 0 spiro atoms. The van der Waals surface area contributed by atoms with Crippen LogP contribution in [0.25, 0.3) is 11.0 Å². The maximum Gasteiger partial charge on any atom is 0.110 e. The molecule has 1 saturated carbocycles. The maximum atomic E-state index is 5.86. The number of aromatic nitrogens is 2. The summed E-state index contributed by atoms with van der Waals surface area (Å²) in [6.07, 6.45) is 4.91. The maximum absolute atomic E-state index is 5.86. The van der Waals surface area contributed by atoms with Gasteiger partial charge in [-0.1, -0.05) is 6.92 Å². The first-order valence-corrected chi connectivity index (χ1v) is 6.97. The molecule has 1 fully saturated rings.